The van der Waals surface area contributed by atoms with Gasteiger partial charge in [0.15, 0.2) is 0 Å². The van der Waals surface area contributed by atoms with Gasteiger partial charge in [-0.3, -0.25) is 4.79 Å². The molecule has 0 unspecified atom stereocenters. The molecule has 6 heteroatoms. The third-order valence-corrected chi connectivity index (χ3v) is 2.83. The molecular formula is C15H12FNO4. The number of carbonyl (C=O) groups is 2. The minimum absolute atomic E-state index is 0.0433. The third kappa shape index (κ3) is 3.36. The standard InChI is InChI=1S/C15H12FNO4/c16-12-6-5-9(15(19)20)7-10(12)8-21-13-4-2-1-3-11(13)14(17)18/h1-7H,8H2,(H2,17,18)(H,19,20). The van der Waals surface area contributed by atoms with Gasteiger partial charge in [-0.25, -0.2) is 9.18 Å². The normalized spacial score (nSPS) is 10.1. The molecule has 0 aliphatic carbocycles. The van der Waals surface area contributed by atoms with Crippen LogP contribution in [0.25, 0.3) is 0 Å². The molecule has 1 amide bonds. The molecule has 0 heterocycles. The van der Waals surface area contributed by atoms with E-state index < -0.39 is 17.7 Å². The number of hydrogen-bond donors (Lipinski definition) is 2. The van der Waals surface area contributed by atoms with E-state index in [0.717, 1.165) is 6.07 Å². The molecule has 2 aromatic carbocycles. The number of para-hydroxylation sites is 1. The first-order valence-corrected chi connectivity index (χ1v) is 6.02. The van der Waals surface area contributed by atoms with Crippen LogP contribution in [0.4, 0.5) is 4.39 Å². The monoisotopic (exact) mass is 289 g/mol. The molecule has 21 heavy (non-hydrogen) atoms. The number of aromatic carboxylic acids is 1. The van der Waals surface area contributed by atoms with Crippen LogP contribution in [0.5, 0.6) is 5.75 Å². The van der Waals surface area contributed by atoms with E-state index in [0.29, 0.717) is 0 Å². The Morgan fingerprint density at radius 2 is 1.90 bits per heavy atom. The van der Waals surface area contributed by atoms with Gasteiger partial charge in [-0.1, -0.05) is 12.1 Å². The zero-order valence-corrected chi connectivity index (χ0v) is 10.9. The lowest BCUT2D eigenvalue weighted by atomic mass is 10.1. The summed E-state index contributed by atoms with van der Waals surface area (Å²) in [4.78, 5) is 22.1. The maximum atomic E-state index is 13.6. The molecule has 0 bridgehead atoms. The Balaban J connectivity index is 2.22. The van der Waals surface area contributed by atoms with E-state index in [2.05, 4.69) is 0 Å². The first kappa shape index (κ1) is 14.5. The summed E-state index contributed by atoms with van der Waals surface area (Å²) in [5, 5.41) is 8.88. The van der Waals surface area contributed by atoms with Gasteiger partial charge in [-0.2, -0.15) is 0 Å². The van der Waals surface area contributed by atoms with E-state index in [-0.39, 0.29) is 29.0 Å². The highest BCUT2D eigenvalue weighted by Crippen LogP contribution is 2.20. The lowest BCUT2D eigenvalue weighted by Gasteiger charge is -2.10. The molecule has 5 nitrogen and oxygen atoms in total. The quantitative estimate of drug-likeness (QED) is 0.883. The summed E-state index contributed by atoms with van der Waals surface area (Å²) in [6.07, 6.45) is 0. The summed E-state index contributed by atoms with van der Waals surface area (Å²) in [5.41, 5.74) is 5.41. The molecule has 2 aromatic rings. The Kier molecular flexibility index (Phi) is 4.18. The van der Waals surface area contributed by atoms with Crippen LogP contribution in [0, 0.1) is 5.82 Å². The van der Waals surface area contributed by atoms with Gasteiger partial charge in [-0.15, -0.1) is 0 Å². The molecule has 0 aliphatic heterocycles. The van der Waals surface area contributed by atoms with Gasteiger partial charge >= 0.3 is 5.97 Å². The van der Waals surface area contributed by atoms with Crippen LogP contribution >= 0.6 is 0 Å². The highest BCUT2D eigenvalue weighted by molar-refractivity contribution is 5.95. The summed E-state index contributed by atoms with van der Waals surface area (Å²) in [5.74, 6) is -2.19. The summed E-state index contributed by atoms with van der Waals surface area (Å²) in [6, 6.07) is 9.69. The second-order valence-corrected chi connectivity index (χ2v) is 4.26. The highest BCUT2D eigenvalue weighted by Gasteiger charge is 2.12. The van der Waals surface area contributed by atoms with Crippen molar-refractivity contribution in [3.63, 3.8) is 0 Å². The van der Waals surface area contributed by atoms with Crippen LogP contribution in [0.1, 0.15) is 26.3 Å². The Labute approximate surface area is 119 Å². The van der Waals surface area contributed by atoms with E-state index >= 15 is 0 Å². The third-order valence-electron chi connectivity index (χ3n) is 2.83. The molecule has 0 aliphatic rings. The summed E-state index contributed by atoms with van der Waals surface area (Å²) in [6.45, 7) is -0.211. The van der Waals surface area contributed by atoms with Gasteiger partial charge in [0, 0.05) is 5.56 Å². The van der Waals surface area contributed by atoms with Crippen molar-refractivity contribution in [2.24, 2.45) is 5.73 Å². The Morgan fingerprint density at radius 1 is 1.19 bits per heavy atom. The number of ether oxygens (including phenoxy) is 1. The fourth-order valence-electron chi connectivity index (χ4n) is 1.77. The Hall–Kier alpha value is -2.89. The van der Waals surface area contributed by atoms with Gasteiger partial charge in [0.1, 0.15) is 18.2 Å². The number of carboxylic acid groups (broad SMARTS) is 1. The lowest BCUT2D eigenvalue weighted by Crippen LogP contribution is -2.13. The molecule has 0 radical (unpaired) electrons. The van der Waals surface area contributed by atoms with Gasteiger partial charge < -0.3 is 15.6 Å². The zero-order valence-electron chi connectivity index (χ0n) is 10.9. The molecule has 0 atom stereocenters. The molecule has 0 fully saturated rings. The molecule has 3 N–H and O–H groups in total. The van der Waals surface area contributed by atoms with Crippen molar-refractivity contribution in [1.82, 2.24) is 0 Å². The minimum Gasteiger partial charge on any atom is -0.488 e. The zero-order chi connectivity index (χ0) is 15.4. The average Bonchev–Trinajstić information content (AvgIpc) is 2.46. The molecule has 2 rings (SSSR count). The number of primary amides is 1. The van der Waals surface area contributed by atoms with E-state index in [1.165, 1.54) is 24.3 Å². The second kappa shape index (κ2) is 6.04. The fourth-order valence-corrected chi connectivity index (χ4v) is 1.77. The Morgan fingerprint density at radius 3 is 2.57 bits per heavy atom. The SMILES string of the molecule is NC(=O)c1ccccc1OCc1cc(C(=O)O)ccc1F. The number of benzene rings is 2. The average molecular weight is 289 g/mol. The van der Waals surface area contributed by atoms with Crippen molar-refractivity contribution in [1.29, 1.82) is 0 Å². The second-order valence-electron chi connectivity index (χ2n) is 4.26. The highest BCUT2D eigenvalue weighted by atomic mass is 19.1. The van der Waals surface area contributed by atoms with Crippen LogP contribution in [0.3, 0.4) is 0 Å². The van der Waals surface area contributed by atoms with Gasteiger partial charge in [0.25, 0.3) is 5.91 Å². The van der Waals surface area contributed by atoms with E-state index in [1.54, 1.807) is 12.1 Å². The van der Waals surface area contributed by atoms with Crippen LogP contribution in [0.15, 0.2) is 42.5 Å². The summed E-state index contributed by atoms with van der Waals surface area (Å²) >= 11 is 0. The summed E-state index contributed by atoms with van der Waals surface area (Å²) < 4.78 is 19.0. The molecule has 0 spiro atoms. The lowest BCUT2D eigenvalue weighted by molar-refractivity contribution is 0.0696. The maximum Gasteiger partial charge on any atom is 0.335 e. The number of halogens is 1. The van der Waals surface area contributed by atoms with Crippen molar-refractivity contribution in [3.8, 4) is 5.75 Å². The predicted molar refractivity (Wildman–Crippen MR) is 72.7 cm³/mol. The van der Waals surface area contributed by atoms with Crippen molar-refractivity contribution in [3.05, 3.63) is 65.0 Å². The molecule has 0 saturated heterocycles. The molecule has 108 valence electrons. The van der Waals surface area contributed by atoms with Crippen LogP contribution in [-0.4, -0.2) is 17.0 Å². The number of nitrogens with two attached hydrogens (primary N) is 1. The van der Waals surface area contributed by atoms with Crippen molar-refractivity contribution in [2.45, 2.75) is 6.61 Å². The fraction of sp³-hybridized carbons (Fsp3) is 0.0667. The topological polar surface area (TPSA) is 89.6 Å². The number of rotatable bonds is 5. The largest absolute Gasteiger partial charge is 0.488 e. The molecule has 0 aromatic heterocycles. The molecular weight excluding hydrogens is 277 g/mol. The van der Waals surface area contributed by atoms with Crippen LogP contribution in [-0.2, 0) is 6.61 Å². The van der Waals surface area contributed by atoms with Crippen LogP contribution < -0.4 is 10.5 Å². The van der Waals surface area contributed by atoms with Crippen molar-refractivity contribution < 1.29 is 23.8 Å². The number of carboxylic acids is 1. The van der Waals surface area contributed by atoms with E-state index in [1.807, 2.05) is 0 Å². The first-order valence-electron chi connectivity index (χ1n) is 6.02. The summed E-state index contributed by atoms with van der Waals surface area (Å²) in [7, 11) is 0. The minimum atomic E-state index is -1.16. The van der Waals surface area contributed by atoms with E-state index in [9.17, 15) is 14.0 Å². The molecule has 0 saturated carbocycles. The number of hydrogen-bond acceptors (Lipinski definition) is 3. The van der Waals surface area contributed by atoms with Gasteiger partial charge in [0.2, 0.25) is 0 Å². The van der Waals surface area contributed by atoms with Crippen LogP contribution in [0.2, 0.25) is 0 Å². The maximum absolute atomic E-state index is 13.6. The van der Waals surface area contributed by atoms with Crippen molar-refractivity contribution >= 4 is 11.9 Å². The van der Waals surface area contributed by atoms with Crippen molar-refractivity contribution in [2.75, 3.05) is 0 Å². The van der Waals surface area contributed by atoms with Gasteiger partial charge in [-0.05, 0) is 30.3 Å². The number of amides is 1. The van der Waals surface area contributed by atoms with Gasteiger partial charge in [0.05, 0.1) is 11.1 Å². The Bertz CT molecular complexity index is 700. The first-order chi connectivity index (χ1) is 9.99. The predicted octanol–water partition coefficient (Wildman–Crippen LogP) is 2.20. The van der Waals surface area contributed by atoms with E-state index in [4.69, 9.17) is 15.6 Å². The number of carbonyl (C=O) groups excluding carboxylic acids is 1. The smallest absolute Gasteiger partial charge is 0.335 e.